The van der Waals surface area contributed by atoms with Crippen molar-refractivity contribution in [3.05, 3.63) is 0 Å². The molecule has 2 N–H and O–H groups in total. The van der Waals surface area contributed by atoms with E-state index in [4.69, 9.17) is 5.73 Å². The average molecular weight is 198 g/mol. The van der Waals surface area contributed by atoms with Gasteiger partial charge in [-0.1, -0.05) is 12.8 Å². The van der Waals surface area contributed by atoms with Crippen molar-refractivity contribution in [2.24, 2.45) is 5.73 Å². The summed E-state index contributed by atoms with van der Waals surface area (Å²) in [7, 11) is 0. The third kappa shape index (κ3) is 2.71. The van der Waals surface area contributed by atoms with Gasteiger partial charge in [0.05, 0.1) is 0 Å². The second-order valence-corrected chi connectivity index (χ2v) is 4.73. The van der Waals surface area contributed by atoms with Gasteiger partial charge in [0.2, 0.25) is 5.91 Å². The lowest BCUT2D eigenvalue weighted by Crippen LogP contribution is -2.52. The van der Waals surface area contributed by atoms with E-state index in [1.54, 1.807) is 0 Å². The van der Waals surface area contributed by atoms with E-state index in [1.807, 2.05) is 18.7 Å². The van der Waals surface area contributed by atoms with Gasteiger partial charge in [0.1, 0.15) is 0 Å². The summed E-state index contributed by atoms with van der Waals surface area (Å²) in [5.41, 5.74) is 5.52. The van der Waals surface area contributed by atoms with Crippen molar-refractivity contribution < 1.29 is 4.79 Å². The van der Waals surface area contributed by atoms with Gasteiger partial charge < -0.3 is 10.6 Å². The Morgan fingerprint density at radius 1 is 1.29 bits per heavy atom. The minimum Gasteiger partial charge on any atom is -0.336 e. The second kappa shape index (κ2) is 4.78. The van der Waals surface area contributed by atoms with Crippen LogP contribution in [0.2, 0.25) is 0 Å². The van der Waals surface area contributed by atoms with Gasteiger partial charge in [0, 0.05) is 25.0 Å². The van der Waals surface area contributed by atoms with E-state index in [0.717, 1.165) is 19.4 Å². The number of amides is 1. The van der Waals surface area contributed by atoms with Crippen LogP contribution in [0.3, 0.4) is 0 Å². The second-order valence-electron chi connectivity index (χ2n) is 4.73. The number of rotatable bonds is 2. The largest absolute Gasteiger partial charge is 0.336 e. The van der Waals surface area contributed by atoms with E-state index in [-0.39, 0.29) is 11.4 Å². The lowest BCUT2D eigenvalue weighted by Gasteiger charge is -2.39. The average Bonchev–Trinajstić information content (AvgIpc) is 2.11. The molecule has 0 aromatic heterocycles. The van der Waals surface area contributed by atoms with Crippen molar-refractivity contribution in [1.29, 1.82) is 0 Å². The summed E-state index contributed by atoms with van der Waals surface area (Å²) in [6.45, 7) is 5.51. The predicted octanol–water partition coefficient (Wildman–Crippen LogP) is 1.52. The van der Waals surface area contributed by atoms with Crippen LogP contribution in [0.25, 0.3) is 0 Å². The maximum Gasteiger partial charge on any atom is 0.223 e. The van der Waals surface area contributed by atoms with Crippen LogP contribution in [0.4, 0.5) is 0 Å². The van der Waals surface area contributed by atoms with E-state index < -0.39 is 0 Å². The van der Waals surface area contributed by atoms with Crippen molar-refractivity contribution in [2.45, 2.75) is 51.5 Å². The van der Waals surface area contributed by atoms with Crippen LogP contribution in [0, 0.1) is 0 Å². The molecule has 14 heavy (non-hydrogen) atoms. The molecule has 0 aromatic carbocycles. The number of carbonyl (C=O) groups excluding carboxylic acids is 1. The minimum atomic E-state index is -0.172. The molecule has 0 atom stereocenters. The normalized spacial score (nSPS) is 20.5. The van der Waals surface area contributed by atoms with Crippen LogP contribution < -0.4 is 5.73 Å². The maximum atomic E-state index is 11.8. The van der Waals surface area contributed by atoms with Crippen LogP contribution in [0.5, 0.6) is 0 Å². The molecule has 0 spiro atoms. The quantitative estimate of drug-likeness (QED) is 0.731. The highest BCUT2D eigenvalue weighted by Gasteiger charge is 2.29. The Morgan fingerprint density at radius 3 is 2.57 bits per heavy atom. The van der Waals surface area contributed by atoms with Gasteiger partial charge >= 0.3 is 0 Å². The molecule has 3 heteroatoms. The third-order valence-electron chi connectivity index (χ3n) is 3.05. The number of carbonyl (C=O) groups is 1. The van der Waals surface area contributed by atoms with Crippen LogP contribution in [0.15, 0.2) is 0 Å². The first-order chi connectivity index (χ1) is 6.58. The predicted molar refractivity (Wildman–Crippen MR) is 57.9 cm³/mol. The molecular weight excluding hydrogens is 176 g/mol. The number of hydrogen-bond acceptors (Lipinski definition) is 2. The van der Waals surface area contributed by atoms with Crippen LogP contribution in [-0.2, 0) is 4.79 Å². The number of nitrogens with zero attached hydrogens (tertiary/aromatic N) is 1. The van der Waals surface area contributed by atoms with Crippen LogP contribution in [-0.4, -0.2) is 29.4 Å². The summed E-state index contributed by atoms with van der Waals surface area (Å²) in [5, 5.41) is 0. The summed E-state index contributed by atoms with van der Waals surface area (Å²) in [5.74, 6) is 0.278. The fraction of sp³-hybridized carbons (Fsp3) is 0.909. The first kappa shape index (κ1) is 11.5. The maximum absolute atomic E-state index is 11.8. The summed E-state index contributed by atoms with van der Waals surface area (Å²) in [6, 6.07) is 0. The molecule has 3 nitrogen and oxygen atoms in total. The van der Waals surface area contributed by atoms with Gasteiger partial charge in [0.25, 0.3) is 0 Å². The van der Waals surface area contributed by atoms with Crippen molar-refractivity contribution in [3.8, 4) is 0 Å². The summed E-state index contributed by atoms with van der Waals surface area (Å²) in [6.07, 6.45) is 5.29. The van der Waals surface area contributed by atoms with Gasteiger partial charge in [0.15, 0.2) is 0 Å². The van der Waals surface area contributed by atoms with E-state index in [1.165, 1.54) is 12.8 Å². The summed E-state index contributed by atoms with van der Waals surface area (Å²) >= 11 is 0. The molecule has 1 fully saturated rings. The van der Waals surface area contributed by atoms with Crippen molar-refractivity contribution in [3.63, 3.8) is 0 Å². The number of hydrogen-bond donors (Lipinski definition) is 1. The molecular formula is C11H22N2O. The molecule has 0 radical (unpaired) electrons. The fourth-order valence-corrected chi connectivity index (χ4v) is 1.91. The van der Waals surface area contributed by atoms with Crippen LogP contribution in [0.1, 0.15) is 46.0 Å². The Hall–Kier alpha value is -0.570. The molecule has 82 valence electrons. The van der Waals surface area contributed by atoms with Crippen LogP contribution >= 0.6 is 0 Å². The van der Waals surface area contributed by atoms with Gasteiger partial charge in [-0.25, -0.2) is 0 Å². The van der Waals surface area contributed by atoms with Crippen molar-refractivity contribution >= 4 is 5.91 Å². The van der Waals surface area contributed by atoms with E-state index in [2.05, 4.69) is 0 Å². The zero-order valence-corrected chi connectivity index (χ0v) is 9.38. The lowest BCUT2D eigenvalue weighted by molar-refractivity contribution is -0.137. The first-order valence-corrected chi connectivity index (χ1v) is 5.58. The SMILES string of the molecule is CC(C)(CN)N1CCCCCCC1=O. The Morgan fingerprint density at radius 2 is 1.93 bits per heavy atom. The Kier molecular flexibility index (Phi) is 3.93. The molecule has 1 aliphatic rings. The fourth-order valence-electron chi connectivity index (χ4n) is 1.91. The van der Waals surface area contributed by atoms with Gasteiger partial charge in [-0.2, -0.15) is 0 Å². The Bertz CT molecular complexity index is 201. The smallest absolute Gasteiger partial charge is 0.223 e. The van der Waals surface area contributed by atoms with Gasteiger partial charge in [-0.15, -0.1) is 0 Å². The Labute approximate surface area is 86.6 Å². The highest BCUT2D eigenvalue weighted by atomic mass is 16.2. The molecule has 1 rings (SSSR count). The van der Waals surface area contributed by atoms with E-state index in [9.17, 15) is 4.79 Å². The standard InChI is InChI=1S/C11H22N2O/c1-11(2,9-12)13-8-6-4-3-5-7-10(13)14/h3-9,12H2,1-2H3. The molecule has 1 heterocycles. The summed E-state index contributed by atoms with van der Waals surface area (Å²) in [4.78, 5) is 13.8. The molecule has 0 aromatic rings. The first-order valence-electron chi connectivity index (χ1n) is 5.58. The molecule has 0 unspecified atom stereocenters. The zero-order chi connectivity index (χ0) is 10.6. The monoisotopic (exact) mass is 198 g/mol. The molecule has 0 saturated carbocycles. The topological polar surface area (TPSA) is 46.3 Å². The molecule has 1 saturated heterocycles. The number of nitrogens with two attached hydrogens (primary N) is 1. The lowest BCUT2D eigenvalue weighted by atomic mass is 9.99. The zero-order valence-electron chi connectivity index (χ0n) is 9.38. The third-order valence-corrected chi connectivity index (χ3v) is 3.05. The molecule has 1 aliphatic heterocycles. The number of likely N-dealkylation sites (tertiary alicyclic amines) is 1. The van der Waals surface area contributed by atoms with Gasteiger partial charge in [-0.3, -0.25) is 4.79 Å². The van der Waals surface area contributed by atoms with E-state index >= 15 is 0 Å². The van der Waals surface area contributed by atoms with Gasteiger partial charge in [-0.05, 0) is 26.7 Å². The van der Waals surface area contributed by atoms with Crippen molar-refractivity contribution in [1.82, 2.24) is 4.90 Å². The molecule has 1 amide bonds. The summed E-state index contributed by atoms with van der Waals surface area (Å²) < 4.78 is 0. The van der Waals surface area contributed by atoms with Crippen molar-refractivity contribution in [2.75, 3.05) is 13.1 Å². The highest BCUT2D eigenvalue weighted by Crippen LogP contribution is 2.19. The van der Waals surface area contributed by atoms with E-state index in [0.29, 0.717) is 13.0 Å². The molecule has 0 bridgehead atoms. The Balaban J connectivity index is 2.66. The minimum absolute atomic E-state index is 0.172. The highest BCUT2D eigenvalue weighted by molar-refractivity contribution is 5.77. The molecule has 0 aliphatic carbocycles.